The van der Waals surface area contributed by atoms with E-state index in [1.165, 1.54) is 12.1 Å². The molecular formula is C17H17ClN2O3. The summed E-state index contributed by atoms with van der Waals surface area (Å²) in [6.45, 7) is 5.54. The number of rotatable bonds is 4. The molecule has 0 saturated heterocycles. The average Bonchev–Trinajstić information content (AvgIpc) is 2.49. The van der Waals surface area contributed by atoms with Crippen molar-refractivity contribution >= 4 is 28.9 Å². The Morgan fingerprint density at radius 2 is 1.78 bits per heavy atom. The van der Waals surface area contributed by atoms with Gasteiger partial charge in [-0.3, -0.25) is 14.9 Å². The number of hydrogen-bond donors (Lipinski definition) is 0. The van der Waals surface area contributed by atoms with Crippen LogP contribution in [-0.2, 0) is 0 Å². The van der Waals surface area contributed by atoms with Crippen molar-refractivity contribution in [1.29, 1.82) is 0 Å². The van der Waals surface area contributed by atoms with Crippen LogP contribution in [0.25, 0.3) is 0 Å². The van der Waals surface area contributed by atoms with Crippen LogP contribution in [0.5, 0.6) is 0 Å². The van der Waals surface area contributed by atoms with E-state index in [-0.39, 0.29) is 17.6 Å². The predicted molar refractivity (Wildman–Crippen MR) is 91.2 cm³/mol. The van der Waals surface area contributed by atoms with Crippen LogP contribution >= 0.6 is 11.6 Å². The molecule has 2 aromatic carbocycles. The molecule has 0 radical (unpaired) electrons. The molecule has 0 aliphatic heterocycles. The molecule has 6 heteroatoms. The molecule has 0 heterocycles. The first kappa shape index (κ1) is 17.0. The van der Waals surface area contributed by atoms with Gasteiger partial charge in [-0.05, 0) is 50.6 Å². The summed E-state index contributed by atoms with van der Waals surface area (Å²) in [6.07, 6.45) is 0. The van der Waals surface area contributed by atoms with Crippen LogP contribution in [0.15, 0.2) is 42.5 Å². The van der Waals surface area contributed by atoms with Gasteiger partial charge in [0.2, 0.25) is 0 Å². The van der Waals surface area contributed by atoms with Crippen molar-refractivity contribution in [2.24, 2.45) is 0 Å². The first-order valence-corrected chi connectivity index (χ1v) is 7.53. The largest absolute Gasteiger partial charge is 0.306 e. The minimum Gasteiger partial charge on any atom is -0.306 e. The number of carbonyl (C=O) groups excluding carboxylic acids is 1. The first-order chi connectivity index (χ1) is 10.8. The summed E-state index contributed by atoms with van der Waals surface area (Å²) in [7, 11) is 0. The van der Waals surface area contributed by atoms with Crippen molar-refractivity contribution < 1.29 is 9.72 Å². The summed E-state index contributed by atoms with van der Waals surface area (Å²) < 4.78 is 0. The van der Waals surface area contributed by atoms with Crippen molar-refractivity contribution in [2.75, 3.05) is 4.90 Å². The molecule has 0 aromatic heterocycles. The lowest BCUT2D eigenvalue weighted by atomic mass is 10.1. The van der Waals surface area contributed by atoms with Gasteiger partial charge in [-0.15, -0.1) is 0 Å². The fourth-order valence-corrected chi connectivity index (χ4v) is 2.46. The van der Waals surface area contributed by atoms with Crippen LogP contribution < -0.4 is 4.90 Å². The summed E-state index contributed by atoms with van der Waals surface area (Å²) in [5.41, 5.74) is 1.61. The maximum atomic E-state index is 12.9. The number of nitro benzene ring substituents is 1. The van der Waals surface area contributed by atoms with E-state index >= 15 is 0 Å². The first-order valence-electron chi connectivity index (χ1n) is 7.15. The van der Waals surface area contributed by atoms with Crippen molar-refractivity contribution in [2.45, 2.75) is 26.8 Å². The molecule has 0 fully saturated rings. The Kier molecular flexibility index (Phi) is 5.01. The number of benzene rings is 2. The van der Waals surface area contributed by atoms with Gasteiger partial charge >= 0.3 is 0 Å². The Balaban J connectivity index is 2.48. The Morgan fingerprint density at radius 3 is 2.30 bits per heavy atom. The number of halogens is 1. The quantitative estimate of drug-likeness (QED) is 0.606. The van der Waals surface area contributed by atoms with Crippen LogP contribution in [0, 0.1) is 17.0 Å². The Bertz CT molecular complexity index is 742. The van der Waals surface area contributed by atoms with Gasteiger partial charge in [0.1, 0.15) is 0 Å². The number of aryl methyl sites for hydroxylation is 1. The van der Waals surface area contributed by atoms with Gasteiger partial charge in [-0.25, -0.2) is 0 Å². The van der Waals surface area contributed by atoms with Gasteiger partial charge in [-0.1, -0.05) is 17.7 Å². The minimum atomic E-state index is -0.502. The van der Waals surface area contributed by atoms with E-state index in [2.05, 4.69) is 0 Å². The maximum Gasteiger partial charge on any atom is 0.270 e. The summed E-state index contributed by atoms with van der Waals surface area (Å²) in [5.74, 6) is -0.275. The van der Waals surface area contributed by atoms with Crippen molar-refractivity contribution in [3.63, 3.8) is 0 Å². The lowest BCUT2D eigenvalue weighted by Crippen LogP contribution is -2.37. The molecule has 0 unspecified atom stereocenters. The van der Waals surface area contributed by atoms with Crippen molar-refractivity contribution in [3.05, 3.63) is 68.7 Å². The summed E-state index contributed by atoms with van der Waals surface area (Å²) in [5, 5.41) is 11.5. The smallest absolute Gasteiger partial charge is 0.270 e. The summed E-state index contributed by atoms with van der Waals surface area (Å²) >= 11 is 5.89. The highest BCUT2D eigenvalue weighted by Gasteiger charge is 2.24. The third kappa shape index (κ3) is 3.68. The van der Waals surface area contributed by atoms with Crippen LogP contribution in [0.1, 0.15) is 29.8 Å². The molecule has 2 aromatic rings. The molecule has 2 rings (SSSR count). The number of anilines is 1. The van der Waals surface area contributed by atoms with Crippen LogP contribution in [0.2, 0.25) is 5.02 Å². The SMILES string of the molecule is Cc1ccc([N+](=O)[O-])cc1C(=O)N(c1ccc(Cl)cc1)C(C)C. The lowest BCUT2D eigenvalue weighted by molar-refractivity contribution is -0.384. The zero-order chi connectivity index (χ0) is 17.1. The van der Waals surface area contributed by atoms with E-state index in [4.69, 9.17) is 11.6 Å². The van der Waals surface area contributed by atoms with E-state index < -0.39 is 4.92 Å². The fourth-order valence-electron chi connectivity index (χ4n) is 2.34. The average molecular weight is 333 g/mol. The van der Waals surface area contributed by atoms with Crippen LogP contribution in [-0.4, -0.2) is 16.9 Å². The Labute approximate surface area is 139 Å². The van der Waals surface area contributed by atoms with E-state index in [0.717, 1.165) is 0 Å². The number of non-ortho nitro benzene ring substituents is 1. The Morgan fingerprint density at radius 1 is 1.17 bits per heavy atom. The zero-order valence-electron chi connectivity index (χ0n) is 13.1. The fraction of sp³-hybridized carbons (Fsp3) is 0.235. The van der Waals surface area contributed by atoms with Crippen molar-refractivity contribution in [1.82, 2.24) is 0 Å². The molecule has 120 valence electrons. The normalized spacial score (nSPS) is 10.7. The van der Waals surface area contributed by atoms with Gasteiger partial charge in [-0.2, -0.15) is 0 Å². The zero-order valence-corrected chi connectivity index (χ0v) is 13.9. The number of carbonyl (C=O) groups is 1. The second kappa shape index (κ2) is 6.79. The minimum absolute atomic E-state index is 0.0984. The highest BCUT2D eigenvalue weighted by Crippen LogP contribution is 2.25. The molecule has 5 nitrogen and oxygen atoms in total. The van der Waals surface area contributed by atoms with Crippen molar-refractivity contribution in [3.8, 4) is 0 Å². The second-order valence-electron chi connectivity index (χ2n) is 5.50. The molecule has 0 saturated carbocycles. The molecule has 0 aliphatic rings. The highest BCUT2D eigenvalue weighted by molar-refractivity contribution is 6.30. The van der Waals surface area contributed by atoms with Gasteiger partial charge in [0.15, 0.2) is 0 Å². The molecular weight excluding hydrogens is 316 g/mol. The monoisotopic (exact) mass is 332 g/mol. The number of nitro groups is 1. The van der Waals surface area contributed by atoms with Gasteiger partial charge in [0, 0.05) is 34.4 Å². The Hall–Kier alpha value is -2.40. The van der Waals surface area contributed by atoms with Gasteiger partial charge in [0.25, 0.3) is 11.6 Å². The number of amides is 1. The molecule has 23 heavy (non-hydrogen) atoms. The number of hydrogen-bond acceptors (Lipinski definition) is 3. The maximum absolute atomic E-state index is 12.9. The molecule has 1 amide bonds. The van der Waals surface area contributed by atoms with E-state index in [0.29, 0.717) is 21.8 Å². The number of nitrogens with zero attached hydrogens (tertiary/aromatic N) is 2. The van der Waals surface area contributed by atoms with E-state index in [1.54, 1.807) is 42.2 Å². The topological polar surface area (TPSA) is 63.5 Å². The van der Waals surface area contributed by atoms with Crippen LogP contribution in [0.4, 0.5) is 11.4 Å². The predicted octanol–water partition coefficient (Wildman–Crippen LogP) is 4.61. The van der Waals surface area contributed by atoms with E-state index in [1.807, 2.05) is 13.8 Å². The summed E-state index contributed by atoms with van der Waals surface area (Å²) in [6, 6.07) is 11.1. The third-order valence-electron chi connectivity index (χ3n) is 3.50. The van der Waals surface area contributed by atoms with Gasteiger partial charge < -0.3 is 4.90 Å². The molecule has 0 bridgehead atoms. The third-order valence-corrected chi connectivity index (χ3v) is 3.75. The highest BCUT2D eigenvalue weighted by atomic mass is 35.5. The van der Waals surface area contributed by atoms with Crippen LogP contribution in [0.3, 0.4) is 0 Å². The molecule has 0 aliphatic carbocycles. The molecule has 0 spiro atoms. The summed E-state index contributed by atoms with van der Waals surface area (Å²) in [4.78, 5) is 25.0. The lowest BCUT2D eigenvalue weighted by Gasteiger charge is -2.27. The standard InChI is InChI=1S/C17H17ClN2O3/c1-11(2)19(14-8-5-13(18)6-9-14)17(21)16-10-15(20(22)23)7-4-12(16)3/h4-11H,1-3H3. The second-order valence-corrected chi connectivity index (χ2v) is 5.94. The van der Waals surface area contributed by atoms with Gasteiger partial charge in [0.05, 0.1) is 4.92 Å². The molecule has 0 N–H and O–H groups in total. The van der Waals surface area contributed by atoms with E-state index in [9.17, 15) is 14.9 Å². The molecule has 0 atom stereocenters.